The Labute approximate surface area is 116 Å². The molecule has 0 spiro atoms. The van der Waals surface area contributed by atoms with E-state index in [1.54, 1.807) is 7.11 Å². The molecule has 114 valence electrons. The SMILES string of the molecule is COCC(O)CCNCCCCC(C)(C)C(N)=NO. The molecular formula is C13H29N3O3. The van der Waals surface area contributed by atoms with Gasteiger partial charge in [0.15, 0.2) is 0 Å². The van der Waals surface area contributed by atoms with Gasteiger partial charge in [-0.2, -0.15) is 0 Å². The van der Waals surface area contributed by atoms with Crippen LogP contribution in [0, 0.1) is 5.41 Å². The minimum atomic E-state index is -0.392. The van der Waals surface area contributed by atoms with Gasteiger partial charge in [0.2, 0.25) is 0 Å². The van der Waals surface area contributed by atoms with Gasteiger partial charge >= 0.3 is 0 Å². The van der Waals surface area contributed by atoms with E-state index in [9.17, 15) is 5.11 Å². The molecule has 0 rings (SSSR count). The van der Waals surface area contributed by atoms with Crippen molar-refractivity contribution in [2.24, 2.45) is 16.3 Å². The zero-order chi connectivity index (χ0) is 14.7. The number of ether oxygens (including phenoxy) is 1. The molecule has 6 nitrogen and oxygen atoms in total. The second kappa shape index (κ2) is 10.00. The lowest BCUT2D eigenvalue weighted by molar-refractivity contribution is 0.0595. The van der Waals surface area contributed by atoms with Crippen LogP contribution in [0.15, 0.2) is 5.16 Å². The highest BCUT2D eigenvalue weighted by Gasteiger charge is 2.22. The molecule has 0 saturated heterocycles. The average Bonchev–Trinajstić information content (AvgIpc) is 2.36. The van der Waals surface area contributed by atoms with Gasteiger partial charge in [0, 0.05) is 12.5 Å². The first-order chi connectivity index (χ1) is 8.94. The predicted octanol–water partition coefficient (Wildman–Crippen LogP) is 0.916. The topological polar surface area (TPSA) is 100 Å². The van der Waals surface area contributed by atoms with Gasteiger partial charge < -0.3 is 26.1 Å². The molecule has 0 aromatic rings. The summed E-state index contributed by atoms with van der Waals surface area (Å²) in [6.07, 6.45) is 3.23. The molecule has 0 aromatic carbocycles. The van der Waals surface area contributed by atoms with E-state index in [1.807, 2.05) is 13.8 Å². The van der Waals surface area contributed by atoms with E-state index in [1.165, 1.54) is 0 Å². The van der Waals surface area contributed by atoms with Gasteiger partial charge in [-0.05, 0) is 32.4 Å². The zero-order valence-corrected chi connectivity index (χ0v) is 12.4. The number of nitrogens with one attached hydrogen (secondary N) is 1. The lowest BCUT2D eigenvalue weighted by Crippen LogP contribution is -2.32. The fourth-order valence-corrected chi connectivity index (χ4v) is 1.75. The van der Waals surface area contributed by atoms with Gasteiger partial charge in [-0.15, -0.1) is 0 Å². The van der Waals surface area contributed by atoms with Crippen molar-refractivity contribution in [2.75, 3.05) is 26.8 Å². The number of oxime groups is 1. The first-order valence-corrected chi connectivity index (χ1v) is 6.79. The molecule has 0 aliphatic rings. The van der Waals surface area contributed by atoms with Gasteiger partial charge in [0.05, 0.1) is 12.7 Å². The number of unbranched alkanes of at least 4 members (excludes halogenated alkanes) is 1. The van der Waals surface area contributed by atoms with E-state index in [-0.39, 0.29) is 11.3 Å². The summed E-state index contributed by atoms with van der Waals surface area (Å²) in [6, 6.07) is 0. The second-order valence-corrected chi connectivity index (χ2v) is 5.47. The third-order valence-corrected chi connectivity index (χ3v) is 3.22. The Kier molecular flexibility index (Phi) is 9.55. The van der Waals surface area contributed by atoms with Crippen molar-refractivity contribution in [3.05, 3.63) is 0 Å². The third kappa shape index (κ3) is 8.80. The summed E-state index contributed by atoms with van der Waals surface area (Å²) in [6.45, 7) is 6.02. The second-order valence-electron chi connectivity index (χ2n) is 5.47. The van der Waals surface area contributed by atoms with Crippen molar-refractivity contribution in [3.63, 3.8) is 0 Å². The lowest BCUT2D eigenvalue weighted by atomic mass is 9.86. The van der Waals surface area contributed by atoms with Gasteiger partial charge in [0.25, 0.3) is 0 Å². The molecule has 0 aromatic heterocycles. The van der Waals surface area contributed by atoms with E-state index in [4.69, 9.17) is 15.7 Å². The minimum Gasteiger partial charge on any atom is -0.409 e. The highest BCUT2D eigenvalue weighted by molar-refractivity contribution is 5.85. The van der Waals surface area contributed by atoms with Crippen LogP contribution in [0.5, 0.6) is 0 Å². The van der Waals surface area contributed by atoms with Crippen molar-refractivity contribution < 1.29 is 15.1 Å². The summed E-state index contributed by atoms with van der Waals surface area (Å²) >= 11 is 0. The Morgan fingerprint density at radius 2 is 2.05 bits per heavy atom. The smallest absolute Gasteiger partial charge is 0.144 e. The maximum atomic E-state index is 9.43. The summed E-state index contributed by atoms with van der Waals surface area (Å²) in [7, 11) is 1.58. The summed E-state index contributed by atoms with van der Waals surface area (Å²) in [5.41, 5.74) is 5.36. The maximum Gasteiger partial charge on any atom is 0.144 e. The van der Waals surface area contributed by atoms with Crippen molar-refractivity contribution in [1.29, 1.82) is 0 Å². The maximum absolute atomic E-state index is 9.43. The van der Waals surface area contributed by atoms with Crippen molar-refractivity contribution >= 4 is 5.84 Å². The molecular weight excluding hydrogens is 246 g/mol. The normalized spacial score (nSPS) is 14.6. The Balaban J connectivity index is 3.51. The van der Waals surface area contributed by atoms with Crippen LogP contribution >= 0.6 is 0 Å². The van der Waals surface area contributed by atoms with Crippen LogP contribution < -0.4 is 11.1 Å². The standard InChI is InChI=1S/C13H29N3O3/c1-13(2,12(14)16-18)7-4-5-8-15-9-6-11(17)10-19-3/h11,15,17-18H,4-10H2,1-3H3,(H2,14,16). The predicted molar refractivity (Wildman–Crippen MR) is 76.4 cm³/mol. The van der Waals surface area contributed by atoms with Crippen LogP contribution in [0.1, 0.15) is 39.5 Å². The number of hydrogen-bond acceptors (Lipinski definition) is 5. The average molecular weight is 275 g/mol. The highest BCUT2D eigenvalue weighted by Crippen LogP contribution is 2.22. The molecule has 0 aliphatic heterocycles. The molecule has 1 atom stereocenters. The Morgan fingerprint density at radius 1 is 1.37 bits per heavy atom. The van der Waals surface area contributed by atoms with E-state index in [0.29, 0.717) is 13.0 Å². The van der Waals surface area contributed by atoms with Crippen molar-refractivity contribution in [1.82, 2.24) is 5.32 Å². The summed E-state index contributed by atoms with van der Waals surface area (Å²) in [5.74, 6) is 0.281. The van der Waals surface area contributed by atoms with Gasteiger partial charge in [-0.1, -0.05) is 25.4 Å². The first kappa shape index (κ1) is 18.1. The van der Waals surface area contributed by atoms with Crippen molar-refractivity contribution in [3.8, 4) is 0 Å². The fraction of sp³-hybridized carbons (Fsp3) is 0.923. The number of amidine groups is 1. The molecule has 5 N–H and O–H groups in total. The number of hydrogen-bond donors (Lipinski definition) is 4. The third-order valence-electron chi connectivity index (χ3n) is 3.22. The van der Waals surface area contributed by atoms with E-state index < -0.39 is 6.10 Å². The molecule has 0 amide bonds. The van der Waals surface area contributed by atoms with Crippen LogP contribution in [0.3, 0.4) is 0 Å². The van der Waals surface area contributed by atoms with Crippen LogP contribution in [0.4, 0.5) is 0 Å². The summed E-state index contributed by atoms with van der Waals surface area (Å²) in [4.78, 5) is 0. The van der Waals surface area contributed by atoms with Crippen LogP contribution in [-0.4, -0.2) is 49.1 Å². The van der Waals surface area contributed by atoms with E-state index in [0.717, 1.165) is 32.4 Å². The summed E-state index contributed by atoms with van der Waals surface area (Å²) in [5, 5.41) is 24.4. The number of nitrogens with zero attached hydrogens (tertiary/aromatic N) is 1. The fourth-order valence-electron chi connectivity index (χ4n) is 1.75. The monoisotopic (exact) mass is 275 g/mol. The van der Waals surface area contributed by atoms with E-state index in [2.05, 4.69) is 10.5 Å². The Morgan fingerprint density at radius 3 is 2.63 bits per heavy atom. The molecule has 1 unspecified atom stereocenters. The molecule has 0 fully saturated rings. The number of aliphatic hydroxyl groups is 1. The quantitative estimate of drug-likeness (QED) is 0.148. The van der Waals surface area contributed by atoms with Gasteiger partial charge in [-0.25, -0.2) is 0 Å². The van der Waals surface area contributed by atoms with Gasteiger partial charge in [-0.3, -0.25) is 0 Å². The molecule has 0 bridgehead atoms. The van der Waals surface area contributed by atoms with Gasteiger partial charge in [0.1, 0.15) is 5.84 Å². The molecule has 0 heterocycles. The molecule has 6 heteroatoms. The Bertz CT molecular complexity index is 258. The first-order valence-electron chi connectivity index (χ1n) is 6.79. The zero-order valence-electron chi connectivity index (χ0n) is 12.4. The molecule has 0 radical (unpaired) electrons. The van der Waals surface area contributed by atoms with Crippen molar-refractivity contribution in [2.45, 2.75) is 45.6 Å². The van der Waals surface area contributed by atoms with Crippen LogP contribution in [0.2, 0.25) is 0 Å². The number of rotatable bonds is 11. The largest absolute Gasteiger partial charge is 0.409 e. The Hall–Kier alpha value is -0.850. The number of nitrogens with two attached hydrogens (primary N) is 1. The van der Waals surface area contributed by atoms with Crippen LogP contribution in [0.25, 0.3) is 0 Å². The summed E-state index contributed by atoms with van der Waals surface area (Å²) < 4.78 is 4.85. The minimum absolute atomic E-state index is 0.261. The number of aliphatic hydroxyl groups excluding tert-OH is 1. The lowest BCUT2D eigenvalue weighted by Gasteiger charge is -2.22. The number of methoxy groups -OCH3 is 1. The molecule has 0 aliphatic carbocycles. The van der Waals surface area contributed by atoms with E-state index >= 15 is 0 Å². The molecule has 0 saturated carbocycles. The van der Waals surface area contributed by atoms with Crippen LogP contribution in [-0.2, 0) is 4.74 Å². The molecule has 19 heavy (non-hydrogen) atoms. The highest BCUT2D eigenvalue weighted by atomic mass is 16.5.